The zero-order valence-corrected chi connectivity index (χ0v) is 20.3. The summed E-state index contributed by atoms with van der Waals surface area (Å²) in [5.41, 5.74) is -0.491. The van der Waals surface area contributed by atoms with Crippen LogP contribution >= 0.6 is 11.3 Å². The molecule has 0 aliphatic heterocycles. The third kappa shape index (κ3) is 6.56. The standard InChI is InChI=1S/C24H24F3N3O4S/c1-5-33-22(32)23(3,4)34-17-9-6-15(7-10-17)12-29-20(31)19-14(2)30-21(35-19)18-11-8-16(13-28-18)24(25,26)27/h6-11,13H,5,12H2,1-4H3,(H,29,31). The van der Waals surface area contributed by atoms with Gasteiger partial charge in [-0.05, 0) is 57.5 Å². The largest absolute Gasteiger partial charge is 0.476 e. The summed E-state index contributed by atoms with van der Waals surface area (Å²) in [5, 5.41) is 3.15. The molecule has 0 fully saturated rings. The van der Waals surface area contributed by atoms with Gasteiger partial charge in [-0.1, -0.05) is 12.1 Å². The third-order valence-corrected chi connectivity index (χ3v) is 6.01. The molecule has 35 heavy (non-hydrogen) atoms. The molecule has 2 aromatic heterocycles. The van der Waals surface area contributed by atoms with Crippen LogP contribution in [0.3, 0.4) is 0 Å². The Morgan fingerprint density at radius 1 is 1.09 bits per heavy atom. The van der Waals surface area contributed by atoms with E-state index in [2.05, 4.69) is 15.3 Å². The number of pyridine rings is 1. The fraction of sp³-hybridized carbons (Fsp3) is 0.333. The lowest BCUT2D eigenvalue weighted by atomic mass is 10.1. The quantitative estimate of drug-likeness (QED) is 0.423. The molecule has 0 unspecified atom stereocenters. The summed E-state index contributed by atoms with van der Waals surface area (Å²) in [4.78, 5) is 33.1. The Bertz CT molecular complexity index is 1190. The topological polar surface area (TPSA) is 90.4 Å². The lowest BCUT2D eigenvalue weighted by Gasteiger charge is -2.24. The highest BCUT2D eigenvalue weighted by Crippen LogP contribution is 2.31. The van der Waals surface area contributed by atoms with E-state index in [1.807, 2.05) is 0 Å². The second-order valence-corrected chi connectivity index (χ2v) is 9.02. The van der Waals surface area contributed by atoms with E-state index in [4.69, 9.17) is 9.47 Å². The van der Waals surface area contributed by atoms with Crippen LogP contribution in [0.5, 0.6) is 5.75 Å². The van der Waals surface area contributed by atoms with Crippen molar-refractivity contribution in [2.45, 2.75) is 46.0 Å². The summed E-state index contributed by atoms with van der Waals surface area (Å²) in [6, 6.07) is 9.06. The first-order valence-corrected chi connectivity index (χ1v) is 11.5. The average Bonchev–Trinajstić information content (AvgIpc) is 3.19. The Morgan fingerprint density at radius 2 is 1.77 bits per heavy atom. The first-order valence-electron chi connectivity index (χ1n) is 10.6. The lowest BCUT2D eigenvalue weighted by molar-refractivity contribution is -0.158. The molecule has 1 amide bonds. The number of nitrogens with zero attached hydrogens (tertiary/aromatic N) is 2. The second-order valence-electron chi connectivity index (χ2n) is 8.02. The molecule has 0 aliphatic carbocycles. The summed E-state index contributed by atoms with van der Waals surface area (Å²) < 4.78 is 49.0. The van der Waals surface area contributed by atoms with E-state index in [-0.39, 0.29) is 24.8 Å². The molecule has 0 spiro atoms. The fourth-order valence-electron chi connectivity index (χ4n) is 2.98. The van der Waals surface area contributed by atoms with Gasteiger partial charge in [0.05, 0.1) is 23.6 Å². The molecule has 186 valence electrons. The predicted molar refractivity (Wildman–Crippen MR) is 124 cm³/mol. The van der Waals surface area contributed by atoms with Crippen molar-refractivity contribution in [3.8, 4) is 16.5 Å². The van der Waals surface area contributed by atoms with Gasteiger partial charge >= 0.3 is 12.1 Å². The Balaban J connectivity index is 1.62. The van der Waals surface area contributed by atoms with Gasteiger partial charge in [0.15, 0.2) is 5.60 Å². The van der Waals surface area contributed by atoms with E-state index in [0.29, 0.717) is 21.3 Å². The maximum Gasteiger partial charge on any atom is 0.417 e. The van der Waals surface area contributed by atoms with Crippen LogP contribution in [0.25, 0.3) is 10.7 Å². The van der Waals surface area contributed by atoms with Crippen LogP contribution in [0.15, 0.2) is 42.6 Å². The summed E-state index contributed by atoms with van der Waals surface area (Å²) >= 11 is 1.05. The summed E-state index contributed by atoms with van der Waals surface area (Å²) in [6.07, 6.45) is -3.73. The third-order valence-electron chi connectivity index (χ3n) is 4.83. The molecule has 2 heterocycles. The van der Waals surface area contributed by atoms with E-state index in [1.54, 1.807) is 52.0 Å². The van der Waals surface area contributed by atoms with Crippen LogP contribution in [0.4, 0.5) is 13.2 Å². The number of benzene rings is 1. The van der Waals surface area contributed by atoms with Crippen LogP contribution in [0.2, 0.25) is 0 Å². The molecule has 0 saturated carbocycles. The van der Waals surface area contributed by atoms with Crippen molar-refractivity contribution in [3.63, 3.8) is 0 Å². The number of alkyl halides is 3. The number of carbonyl (C=O) groups is 2. The number of nitrogens with one attached hydrogen (secondary N) is 1. The molecular formula is C24H24F3N3O4S. The molecule has 0 aliphatic rings. The fourth-order valence-corrected chi connectivity index (χ4v) is 3.94. The molecule has 1 aromatic carbocycles. The normalized spacial score (nSPS) is 11.7. The van der Waals surface area contributed by atoms with Gasteiger partial charge in [-0.15, -0.1) is 11.3 Å². The monoisotopic (exact) mass is 507 g/mol. The van der Waals surface area contributed by atoms with Crippen molar-refractivity contribution in [1.82, 2.24) is 15.3 Å². The van der Waals surface area contributed by atoms with Crippen LogP contribution in [-0.2, 0) is 22.3 Å². The molecule has 0 radical (unpaired) electrons. The van der Waals surface area contributed by atoms with Crippen molar-refractivity contribution in [1.29, 1.82) is 0 Å². The van der Waals surface area contributed by atoms with Gasteiger partial charge in [0, 0.05) is 12.7 Å². The number of aryl methyl sites for hydroxylation is 1. The highest BCUT2D eigenvalue weighted by atomic mass is 32.1. The van der Waals surface area contributed by atoms with Gasteiger partial charge in [0.1, 0.15) is 15.6 Å². The first-order chi connectivity index (χ1) is 16.4. The molecule has 3 rings (SSSR count). The Hall–Kier alpha value is -3.47. The van der Waals surface area contributed by atoms with Gasteiger partial charge in [-0.2, -0.15) is 13.2 Å². The van der Waals surface area contributed by atoms with E-state index < -0.39 is 23.3 Å². The van der Waals surface area contributed by atoms with Crippen molar-refractivity contribution in [2.24, 2.45) is 0 Å². The predicted octanol–water partition coefficient (Wildman–Crippen LogP) is 5.18. The van der Waals surface area contributed by atoms with Gasteiger partial charge in [-0.25, -0.2) is 9.78 Å². The molecule has 1 N–H and O–H groups in total. The number of rotatable bonds is 8. The van der Waals surface area contributed by atoms with Crippen LogP contribution in [-0.4, -0.2) is 34.1 Å². The van der Waals surface area contributed by atoms with Gasteiger partial charge < -0.3 is 14.8 Å². The lowest BCUT2D eigenvalue weighted by Crippen LogP contribution is -2.39. The van der Waals surface area contributed by atoms with E-state index in [9.17, 15) is 22.8 Å². The Morgan fingerprint density at radius 3 is 2.34 bits per heavy atom. The molecule has 0 bridgehead atoms. The molecule has 11 heteroatoms. The highest BCUT2D eigenvalue weighted by Gasteiger charge is 2.32. The van der Waals surface area contributed by atoms with Crippen LogP contribution < -0.4 is 10.1 Å². The number of amides is 1. The number of carbonyl (C=O) groups excluding carboxylic acids is 2. The molecule has 3 aromatic rings. The molecular weight excluding hydrogens is 483 g/mol. The zero-order chi connectivity index (χ0) is 25.8. The van der Waals surface area contributed by atoms with E-state index in [0.717, 1.165) is 29.2 Å². The van der Waals surface area contributed by atoms with Crippen LogP contribution in [0.1, 0.15) is 47.3 Å². The minimum atomic E-state index is -4.48. The summed E-state index contributed by atoms with van der Waals surface area (Å²) in [6.45, 7) is 7.08. The van der Waals surface area contributed by atoms with E-state index in [1.165, 1.54) is 6.07 Å². The molecule has 7 nitrogen and oxygen atoms in total. The SMILES string of the molecule is CCOC(=O)C(C)(C)Oc1ccc(CNC(=O)c2sc(-c3ccc(C(F)(F)F)cn3)nc2C)cc1. The number of thiazole rings is 1. The minimum Gasteiger partial charge on any atom is -0.476 e. The van der Waals surface area contributed by atoms with E-state index >= 15 is 0 Å². The number of ether oxygens (including phenoxy) is 2. The number of aromatic nitrogens is 2. The van der Waals surface area contributed by atoms with Gasteiger partial charge in [0.25, 0.3) is 5.91 Å². The zero-order valence-electron chi connectivity index (χ0n) is 19.5. The van der Waals surface area contributed by atoms with Crippen LogP contribution in [0, 0.1) is 6.92 Å². The van der Waals surface area contributed by atoms with Crippen molar-refractivity contribution >= 4 is 23.2 Å². The Kier molecular flexibility index (Phi) is 7.79. The maximum atomic E-state index is 12.7. The van der Waals surface area contributed by atoms with Crippen molar-refractivity contribution in [2.75, 3.05) is 6.61 Å². The van der Waals surface area contributed by atoms with Crippen molar-refractivity contribution in [3.05, 3.63) is 64.3 Å². The van der Waals surface area contributed by atoms with Gasteiger partial charge in [-0.3, -0.25) is 9.78 Å². The Labute approximate surface area is 204 Å². The highest BCUT2D eigenvalue weighted by molar-refractivity contribution is 7.17. The molecule has 0 atom stereocenters. The number of hydrogen-bond acceptors (Lipinski definition) is 7. The number of esters is 1. The molecule has 0 saturated heterocycles. The smallest absolute Gasteiger partial charge is 0.417 e. The first kappa shape index (κ1) is 26.1. The number of hydrogen-bond donors (Lipinski definition) is 1. The summed E-state index contributed by atoms with van der Waals surface area (Å²) in [5.74, 6) is -0.353. The van der Waals surface area contributed by atoms with Crippen molar-refractivity contribution < 1.29 is 32.2 Å². The van der Waals surface area contributed by atoms with Gasteiger partial charge in [0.2, 0.25) is 0 Å². The maximum absolute atomic E-state index is 12.7. The minimum absolute atomic E-state index is 0.228. The summed E-state index contributed by atoms with van der Waals surface area (Å²) in [7, 11) is 0. The second kappa shape index (κ2) is 10.4. The number of halogens is 3. The average molecular weight is 508 g/mol.